The third kappa shape index (κ3) is 4.12. The van der Waals surface area contributed by atoms with Crippen molar-refractivity contribution in [3.05, 3.63) is 52.4 Å². The number of rotatable bonds is 5. The van der Waals surface area contributed by atoms with Crippen LogP contribution in [0, 0.1) is 5.92 Å². The first kappa shape index (κ1) is 14.6. The van der Waals surface area contributed by atoms with Crippen molar-refractivity contribution in [3.63, 3.8) is 0 Å². The van der Waals surface area contributed by atoms with Gasteiger partial charge in [0.2, 0.25) is 0 Å². The number of nitrogens with zero attached hydrogens (tertiary/aromatic N) is 3. The zero-order valence-corrected chi connectivity index (χ0v) is 11.6. The molecule has 1 saturated carbocycles. The summed E-state index contributed by atoms with van der Waals surface area (Å²) in [5.74, 6) is 0.301. The van der Waals surface area contributed by atoms with Gasteiger partial charge in [0.1, 0.15) is 0 Å². The standard InChI is InChI=1S/C16H21N3O/c17-19-18-16(14-9-5-2-6-10-14)15(20)12-11-13-7-3-1-4-8-13/h1,3-4,7-8,11-12,14-16,20H,2,5-6,9-10H2/b12-11+/t15-,16+/m1/s1. The highest BCUT2D eigenvalue weighted by molar-refractivity contribution is 5.49. The van der Waals surface area contributed by atoms with E-state index in [2.05, 4.69) is 10.0 Å². The van der Waals surface area contributed by atoms with Crippen molar-refractivity contribution in [1.29, 1.82) is 0 Å². The van der Waals surface area contributed by atoms with Gasteiger partial charge in [-0.3, -0.25) is 0 Å². The van der Waals surface area contributed by atoms with Gasteiger partial charge >= 0.3 is 0 Å². The summed E-state index contributed by atoms with van der Waals surface area (Å²) < 4.78 is 0. The molecule has 0 amide bonds. The molecular weight excluding hydrogens is 250 g/mol. The van der Waals surface area contributed by atoms with Crippen LogP contribution in [0.2, 0.25) is 0 Å². The second kappa shape index (κ2) is 7.73. The van der Waals surface area contributed by atoms with Crippen molar-refractivity contribution in [1.82, 2.24) is 0 Å². The molecule has 0 unspecified atom stereocenters. The van der Waals surface area contributed by atoms with Gasteiger partial charge in [-0.2, -0.15) is 0 Å². The van der Waals surface area contributed by atoms with E-state index in [-0.39, 0.29) is 6.04 Å². The van der Waals surface area contributed by atoms with E-state index in [1.54, 1.807) is 6.08 Å². The molecule has 1 fully saturated rings. The van der Waals surface area contributed by atoms with Gasteiger partial charge in [0.05, 0.1) is 12.1 Å². The van der Waals surface area contributed by atoms with Crippen molar-refractivity contribution in [2.24, 2.45) is 11.0 Å². The molecule has 4 nitrogen and oxygen atoms in total. The first-order chi connectivity index (χ1) is 9.81. The van der Waals surface area contributed by atoms with Gasteiger partial charge in [0.25, 0.3) is 0 Å². The number of aliphatic hydroxyl groups excluding tert-OH is 1. The molecule has 0 bridgehead atoms. The molecule has 0 saturated heterocycles. The van der Waals surface area contributed by atoms with Crippen LogP contribution in [0.3, 0.4) is 0 Å². The fourth-order valence-electron chi connectivity index (χ4n) is 2.86. The summed E-state index contributed by atoms with van der Waals surface area (Å²) in [5.41, 5.74) is 9.76. The SMILES string of the molecule is [N-]=[N+]=N[C@@H](C1CCCCC1)[C@H](O)/C=C/c1ccccc1. The van der Waals surface area contributed by atoms with Crippen molar-refractivity contribution in [3.8, 4) is 0 Å². The van der Waals surface area contributed by atoms with Gasteiger partial charge in [0.15, 0.2) is 0 Å². The van der Waals surface area contributed by atoms with E-state index in [9.17, 15) is 5.11 Å². The average Bonchev–Trinajstić information content (AvgIpc) is 2.52. The molecule has 1 aromatic rings. The van der Waals surface area contributed by atoms with Gasteiger partial charge < -0.3 is 5.11 Å². The topological polar surface area (TPSA) is 69.0 Å². The zero-order chi connectivity index (χ0) is 14.2. The van der Waals surface area contributed by atoms with Gasteiger partial charge in [-0.25, -0.2) is 0 Å². The van der Waals surface area contributed by atoms with Crippen LogP contribution in [0.25, 0.3) is 16.5 Å². The van der Waals surface area contributed by atoms with E-state index in [1.807, 2.05) is 36.4 Å². The Kier molecular flexibility index (Phi) is 5.66. The first-order valence-electron chi connectivity index (χ1n) is 7.27. The average molecular weight is 271 g/mol. The fourth-order valence-corrected chi connectivity index (χ4v) is 2.86. The highest BCUT2D eigenvalue weighted by atomic mass is 16.3. The molecule has 20 heavy (non-hydrogen) atoms. The minimum absolute atomic E-state index is 0.301. The highest BCUT2D eigenvalue weighted by Crippen LogP contribution is 2.30. The van der Waals surface area contributed by atoms with Crippen LogP contribution in [-0.4, -0.2) is 17.3 Å². The zero-order valence-electron chi connectivity index (χ0n) is 11.6. The summed E-state index contributed by atoms with van der Waals surface area (Å²) in [6.07, 6.45) is 8.56. The highest BCUT2D eigenvalue weighted by Gasteiger charge is 2.27. The van der Waals surface area contributed by atoms with E-state index in [4.69, 9.17) is 5.53 Å². The molecular formula is C16H21N3O. The van der Waals surface area contributed by atoms with E-state index in [0.717, 1.165) is 31.2 Å². The fraction of sp³-hybridized carbons (Fsp3) is 0.500. The molecule has 2 atom stereocenters. The number of aliphatic hydroxyl groups is 1. The molecule has 0 radical (unpaired) electrons. The number of hydrogen-bond donors (Lipinski definition) is 1. The summed E-state index contributed by atoms with van der Waals surface area (Å²) in [6, 6.07) is 9.48. The Morgan fingerprint density at radius 3 is 2.55 bits per heavy atom. The summed E-state index contributed by atoms with van der Waals surface area (Å²) >= 11 is 0. The lowest BCUT2D eigenvalue weighted by Crippen LogP contribution is -2.31. The monoisotopic (exact) mass is 271 g/mol. The first-order valence-corrected chi connectivity index (χ1v) is 7.27. The van der Waals surface area contributed by atoms with Crippen LogP contribution >= 0.6 is 0 Å². The van der Waals surface area contributed by atoms with E-state index in [0.29, 0.717) is 5.92 Å². The Morgan fingerprint density at radius 1 is 1.20 bits per heavy atom. The Labute approximate surface area is 119 Å². The molecule has 2 rings (SSSR count). The van der Waals surface area contributed by atoms with Gasteiger partial charge in [-0.1, -0.05) is 66.9 Å². The minimum Gasteiger partial charge on any atom is -0.389 e. The maximum atomic E-state index is 10.3. The Bertz CT molecular complexity index is 474. The Morgan fingerprint density at radius 2 is 1.90 bits per heavy atom. The van der Waals surface area contributed by atoms with Crippen LogP contribution in [-0.2, 0) is 0 Å². The number of benzene rings is 1. The summed E-state index contributed by atoms with van der Waals surface area (Å²) in [5, 5.41) is 14.1. The molecule has 1 aliphatic carbocycles. The summed E-state index contributed by atoms with van der Waals surface area (Å²) in [4.78, 5) is 2.92. The summed E-state index contributed by atoms with van der Waals surface area (Å²) in [6.45, 7) is 0. The Hall–Kier alpha value is -1.77. The smallest absolute Gasteiger partial charge is 0.0811 e. The molecule has 0 heterocycles. The molecule has 106 valence electrons. The van der Waals surface area contributed by atoms with Crippen LogP contribution in [0.5, 0.6) is 0 Å². The quantitative estimate of drug-likeness (QED) is 0.483. The van der Waals surface area contributed by atoms with Crippen molar-refractivity contribution < 1.29 is 5.11 Å². The molecule has 1 N–H and O–H groups in total. The van der Waals surface area contributed by atoms with Gasteiger partial charge in [0, 0.05) is 4.91 Å². The maximum absolute atomic E-state index is 10.3. The van der Waals surface area contributed by atoms with Crippen molar-refractivity contribution >= 4 is 6.08 Å². The van der Waals surface area contributed by atoms with Crippen LogP contribution < -0.4 is 0 Å². The maximum Gasteiger partial charge on any atom is 0.0811 e. The molecule has 0 aliphatic heterocycles. The van der Waals surface area contributed by atoms with Crippen LogP contribution in [0.15, 0.2) is 41.5 Å². The van der Waals surface area contributed by atoms with E-state index in [1.165, 1.54) is 6.42 Å². The van der Waals surface area contributed by atoms with E-state index < -0.39 is 6.10 Å². The molecule has 4 heteroatoms. The largest absolute Gasteiger partial charge is 0.389 e. The number of azide groups is 1. The molecule has 0 spiro atoms. The number of hydrogen-bond acceptors (Lipinski definition) is 2. The third-order valence-electron chi connectivity index (χ3n) is 3.95. The second-order valence-corrected chi connectivity index (χ2v) is 5.35. The lowest BCUT2D eigenvalue weighted by atomic mass is 9.82. The van der Waals surface area contributed by atoms with Gasteiger partial charge in [-0.15, -0.1) is 0 Å². The molecule has 0 aromatic heterocycles. The molecule has 1 aliphatic rings. The van der Waals surface area contributed by atoms with E-state index >= 15 is 0 Å². The second-order valence-electron chi connectivity index (χ2n) is 5.35. The predicted molar refractivity (Wildman–Crippen MR) is 81.0 cm³/mol. The lowest BCUT2D eigenvalue weighted by Gasteiger charge is -2.29. The van der Waals surface area contributed by atoms with Gasteiger partial charge in [-0.05, 0) is 29.9 Å². The van der Waals surface area contributed by atoms with Crippen LogP contribution in [0.1, 0.15) is 37.7 Å². The lowest BCUT2D eigenvalue weighted by molar-refractivity contribution is 0.142. The normalized spacial score (nSPS) is 19.4. The van der Waals surface area contributed by atoms with Crippen molar-refractivity contribution in [2.75, 3.05) is 0 Å². The Balaban J connectivity index is 2.04. The predicted octanol–water partition coefficient (Wildman–Crippen LogP) is 4.32. The summed E-state index contributed by atoms with van der Waals surface area (Å²) in [7, 11) is 0. The minimum atomic E-state index is -0.714. The third-order valence-corrected chi connectivity index (χ3v) is 3.95. The van der Waals surface area contributed by atoms with Crippen LogP contribution in [0.4, 0.5) is 0 Å². The molecule has 1 aromatic carbocycles. The van der Waals surface area contributed by atoms with Crippen molar-refractivity contribution in [2.45, 2.75) is 44.2 Å².